The summed E-state index contributed by atoms with van der Waals surface area (Å²) < 4.78 is 0. The van der Waals surface area contributed by atoms with Crippen LogP contribution < -0.4 is 0 Å². The van der Waals surface area contributed by atoms with Gasteiger partial charge in [-0.15, -0.1) is 0 Å². The molecule has 0 saturated carbocycles. The van der Waals surface area contributed by atoms with E-state index in [2.05, 4.69) is 35.9 Å². The van der Waals surface area contributed by atoms with E-state index < -0.39 is 0 Å². The van der Waals surface area contributed by atoms with Crippen LogP contribution in [0.5, 0.6) is 0 Å². The fraction of sp³-hybridized carbons (Fsp3) is 0.389. The summed E-state index contributed by atoms with van der Waals surface area (Å²) in [7, 11) is 0. The summed E-state index contributed by atoms with van der Waals surface area (Å²) in [5, 5.41) is 9.00. The second kappa shape index (κ2) is 6.25. The van der Waals surface area contributed by atoms with Crippen LogP contribution >= 0.6 is 0 Å². The van der Waals surface area contributed by atoms with E-state index in [1.807, 2.05) is 24.4 Å². The van der Waals surface area contributed by atoms with E-state index in [0.717, 1.165) is 43.1 Å². The number of hydrogen-bond donors (Lipinski definition) is 0. The number of aromatic nitrogens is 2. The van der Waals surface area contributed by atoms with Crippen LogP contribution in [-0.4, -0.2) is 21.4 Å². The summed E-state index contributed by atoms with van der Waals surface area (Å²) >= 11 is 0. The highest BCUT2D eigenvalue weighted by atomic mass is 15.1. The van der Waals surface area contributed by atoms with Gasteiger partial charge >= 0.3 is 0 Å². The van der Waals surface area contributed by atoms with E-state index in [4.69, 9.17) is 10.2 Å². The Morgan fingerprint density at radius 3 is 3.00 bits per heavy atom. The van der Waals surface area contributed by atoms with Crippen molar-refractivity contribution < 1.29 is 0 Å². The third-order valence-corrected chi connectivity index (χ3v) is 4.02. The first-order valence-electron chi connectivity index (χ1n) is 7.72. The van der Waals surface area contributed by atoms with E-state index in [1.165, 1.54) is 11.1 Å². The summed E-state index contributed by atoms with van der Waals surface area (Å²) in [4.78, 5) is 11.6. The van der Waals surface area contributed by atoms with Crippen molar-refractivity contribution in [1.82, 2.24) is 14.9 Å². The quantitative estimate of drug-likeness (QED) is 0.872. The predicted molar refractivity (Wildman–Crippen MR) is 85.1 cm³/mol. The van der Waals surface area contributed by atoms with Gasteiger partial charge in [-0.25, -0.2) is 9.97 Å². The van der Waals surface area contributed by atoms with E-state index >= 15 is 0 Å². The average molecular weight is 292 g/mol. The minimum Gasteiger partial charge on any atom is -0.293 e. The lowest BCUT2D eigenvalue weighted by Crippen LogP contribution is -2.31. The van der Waals surface area contributed by atoms with Crippen LogP contribution in [0.3, 0.4) is 0 Å². The molecule has 22 heavy (non-hydrogen) atoms. The van der Waals surface area contributed by atoms with Crippen LogP contribution in [0.4, 0.5) is 0 Å². The Hall–Kier alpha value is -2.25. The molecule has 0 N–H and O–H groups in total. The summed E-state index contributed by atoms with van der Waals surface area (Å²) in [6.45, 7) is 6.96. The van der Waals surface area contributed by atoms with E-state index in [-0.39, 0.29) is 0 Å². The molecule has 0 spiro atoms. The van der Waals surface area contributed by atoms with Crippen LogP contribution in [0.15, 0.2) is 30.5 Å². The number of benzene rings is 1. The lowest BCUT2D eigenvalue weighted by Gasteiger charge is -2.28. The van der Waals surface area contributed by atoms with Gasteiger partial charge in [-0.2, -0.15) is 5.26 Å². The Morgan fingerprint density at radius 1 is 1.36 bits per heavy atom. The lowest BCUT2D eigenvalue weighted by molar-refractivity contribution is 0.240. The van der Waals surface area contributed by atoms with Gasteiger partial charge in [0.05, 0.1) is 17.3 Å². The van der Waals surface area contributed by atoms with Crippen molar-refractivity contribution in [1.29, 1.82) is 5.26 Å². The average Bonchev–Trinajstić information content (AvgIpc) is 2.54. The monoisotopic (exact) mass is 292 g/mol. The molecular formula is C18H20N4. The van der Waals surface area contributed by atoms with Crippen molar-refractivity contribution in [2.24, 2.45) is 0 Å². The molecule has 2 heterocycles. The molecular weight excluding hydrogens is 272 g/mol. The van der Waals surface area contributed by atoms with Crippen LogP contribution in [0.1, 0.15) is 48.0 Å². The smallest absolute Gasteiger partial charge is 0.131 e. The van der Waals surface area contributed by atoms with Gasteiger partial charge in [0.1, 0.15) is 5.82 Å². The van der Waals surface area contributed by atoms with Crippen LogP contribution in [-0.2, 0) is 19.5 Å². The lowest BCUT2D eigenvalue weighted by atomic mass is 10.0. The first-order valence-corrected chi connectivity index (χ1v) is 7.72. The molecule has 112 valence electrons. The molecule has 4 heteroatoms. The number of hydrogen-bond acceptors (Lipinski definition) is 4. The SMILES string of the molecule is CC(C)c1ncc2c(n1)CN(Cc1cccc(C#N)c1)CC2. The maximum atomic E-state index is 9.00. The first kappa shape index (κ1) is 14.7. The Kier molecular flexibility index (Phi) is 4.17. The minimum absolute atomic E-state index is 0.355. The molecule has 1 aromatic carbocycles. The van der Waals surface area contributed by atoms with Gasteiger partial charge in [0.25, 0.3) is 0 Å². The summed E-state index contributed by atoms with van der Waals surface area (Å²) in [6, 6.07) is 10.0. The molecule has 0 bridgehead atoms. The maximum absolute atomic E-state index is 9.00. The summed E-state index contributed by atoms with van der Waals surface area (Å²) in [5.74, 6) is 1.28. The highest BCUT2D eigenvalue weighted by molar-refractivity contribution is 5.33. The van der Waals surface area contributed by atoms with E-state index in [9.17, 15) is 0 Å². The summed E-state index contributed by atoms with van der Waals surface area (Å²) in [6.07, 6.45) is 2.98. The predicted octanol–water partition coefficient (Wildman–Crippen LogP) is 3.03. The van der Waals surface area contributed by atoms with Gasteiger partial charge in [-0.1, -0.05) is 26.0 Å². The fourth-order valence-corrected chi connectivity index (χ4v) is 2.78. The Morgan fingerprint density at radius 2 is 2.23 bits per heavy atom. The third kappa shape index (κ3) is 3.15. The van der Waals surface area contributed by atoms with Crippen molar-refractivity contribution in [3.63, 3.8) is 0 Å². The fourth-order valence-electron chi connectivity index (χ4n) is 2.78. The Balaban J connectivity index is 1.76. The second-order valence-electron chi connectivity index (χ2n) is 6.13. The summed E-state index contributed by atoms with van der Waals surface area (Å²) in [5.41, 5.74) is 4.33. The van der Waals surface area contributed by atoms with Crippen molar-refractivity contribution >= 4 is 0 Å². The molecule has 0 saturated heterocycles. The van der Waals surface area contributed by atoms with Crippen molar-refractivity contribution in [3.05, 3.63) is 58.7 Å². The molecule has 3 rings (SSSR count). The standard InChI is InChI=1S/C18H20N4/c1-13(2)18-20-10-16-6-7-22(12-17(16)21-18)11-15-5-3-4-14(8-15)9-19/h3-5,8,10,13H,6-7,11-12H2,1-2H3. The highest BCUT2D eigenvalue weighted by Crippen LogP contribution is 2.20. The third-order valence-electron chi connectivity index (χ3n) is 4.02. The largest absolute Gasteiger partial charge is 0.293 e. The van der Waals surface area contributed by atoms with Crippen molar-refractivity contribution in [3.8, 4) is 6.07 Å². The Bertz CT molecular complexity index is 715. The molecule has 1 aromatic heterocycles. The van der Waals surface area contributed by atoms with Crippen molar-refractivity contribution in [2.75, 3.05) is 6.54 Å². The second-order valence-corrected chi connectivity index (χ2v) is 6.13. The number of rotatable bonds is 3. The molecule has 4 nitrogen and oxygen atoms in total. The highest BCUT2D eigenvalue weighted by Gasteiger charge is 2.19. The molecule has 0 fully saturated rings. The molecule has 0 atom stereocenters. The van der Waals surface area contributed by atoms with Gasteiger partial charge in [0, 0.05) is 31.7 Å². The van der Waals surface area contributed by atoms with Crippen LogP contribution in [0.25, 0.3) is 0 Å². The van der Waals surface area contributed by atoms with Gasteiger partial charge < -0.3 is 0 Å². The number of nitrogens with zero attached hydrogens (tertiary/aromatic N) is 4. The zero-order chi connectivity index (χ0) is 15.5. The molecule has 0 radical (unpaired) electrons. The molecule has 1 aliphatic rings. The van der Waals surface area contributed by atoms with Gasteiger partial charge in [-0.3, -0.25) is 4.90 Å². The molecule has 2 aromatic rings. The molecule has 0 aliphatic carbocycles. The zero-order valence-electron chi connectivity index (χ0n) is 13.1. The first-order chi connectivity index (χ1) is 10.7. The molecule has 0 unspecified atom stereocenters. The zero-order valence-corrected chi connectivity index (χ0v) is 13.1. The molecule has 0 amide bonds. The van der Waals surface area contributed by atoms with Gasteiger partial charge in [0.15, 0.2) is 0 Å². The van der Waals surface area contributed by atoms with Crippen molar-refractivity contribution in [2.45, 2.75) is 39.3 Å². The van der Waals surface area contributed by atoms with E-state index in [1.54, 1.807) is 0 Å². The van der Waals surface area contributed by atoms with E-state index in [0.29, 0.717) is 5.92 Å². The molecule has 1 aliphatic heterocycles. The normalized spacial score (nSPS) is 14.6. The Labute approximate surface area is 131 Å². The topological polar surface area (TPSA) is 52.8 Å². The van der Waals surface area contributed by atoms with Gasteiger partial charge in [-0.05, 0) is 29.7 Å². The maximum Gasteiger partial charge on any atom is 0.131 e. The van der Waals surface area contributed by atoms with Crippen LogP contribution in [0.2, 0.25) is 0 Å². The minimum atomic E-state index is 0.355. The van der Waals surface area contributed by atoms with Gasteiger partial charge in [0.2, 0.25) is 0 Å². The number of nitriles is 1. The van der Waals surface area contributed by atoms with Crippen LogP contribution in [0, 0.1) is 11.3 Å². The number of fused-ring (bicyclic) bond motifs is 1.